The molecule has 1 aliphatic carbocycles. The van der Waals surface area contributed by atoms with Gasteiger partial charge < -0.3 is 10.4 Å². The summed E-state index contributed by atoms with van der Waals surface area (Å²) in [5, 5.41) is 14.4. The Labute approximate surface area is 199 Å². The molecular weight excluding hydrogens is 450 g/mol. The molecule has 1 unspecified atom stereocenters. The minimum atomic E-state index is -3.36. The Morgan fingerprint density at radius 2 is 1.88 bits per heavy atom. The number of pyridine rings is 1. The number of rotatable bonds is 5. The zero-order valence-corrected chi connectivity index (χ0v) is 20.0. The van der Waals surface area contributed by atoms with Gasteiger partial charge in [0, 0.05) is 41.6 Å². The predicted molar refractivity (Wildman–Crippen MR) is 132 cm³/mol. The number of amides is 1. The van der Waals surface area contributed by atoms with Crippen molar-refractivity contribution in [2.24, 2.45) is 5.92 Å². The van der Waals surface area contributed by atoms with E-state index in [1.165, 1.54) is 10.6 Å². The van der Waals surface area contributed by atoms with Crippen molar-refractivity contribution in [2.45, 2.75) is 37.2 Å². The number of benzene rings is 2. The number of fused-ring (bicyclic) bond motifs is 3. The molecule has 1 saturated carbocycles. The van der Waals surface area contributed by atoms with E-state index < -0.39 is 16.1 Å². The van der Waals surface area contributed by atoms with Crippen LogP contribution in [0.2, 0.25) is 0 Å². The van der Waals surface area contributed by atoms with Crippen LogP contribution in [0.3, 0.4) is 0 Å². The Hall–Kier alpha value is -2.97. The average Bonchev–Trinajstić information content (AvgIpc) is 3.17. The molecule has 1 aliphatic heterocycles. The minimum Gasteiger partial charge on any atom is -0.387 e. The van der Waals surface area contributed by atoms with Gasteiger partial charge in [-0.15, -0.1) is 0 Å². The van der Waals surface area contributed by atoms with Crippen LogP contribution in [0.15, 0.2) is 60.8 Å². The lowest BCUT2D eigenvalue weighted by Crippen LogP contribution is -2.42. The normalized spacial score (nSPS) is 23.1. The number of aliphatic hydroxyl groups is 1. The number of para-hydroxylation sites is 2. The topological polar surface area (TPSA) is 99.6 Å². The van der Waals surface area contributed by atoms with E-state index in [2.05, 4.69) is 10.3 Å². The van der Waals surface area contributed by atoms with Gasteiger partial charge in [0.2, 0.25) is 15.9 Å². The molecule has 7 nitrogen and oxygen atoms in total. The highest BCUT2D eigenvalue weighted by Crippen LogP contribution is 2.50. The van der Waals surface area contributed by atoms with Gasteiger partial charge in [-0.25, -0.2) is 8.42 Å². The number of carbonyl (C=O) groups is 1. The molecule has 2 aromatic carbocycles. The van der Waals surface area contributed by atoms with E-state index >= 15 is 0 Å². The number of aromatic nitrogens is 1. The molecule has 2 N–H and O–H groups in total. The molecule has 178 valence electrons. The van der Waals surface area contributed by atoms with E-state index in [9.17, 15) is 18.3 Å². The molecule has 1 fully saturated rings. The summed E-state index contributed by atoms with van der Waals surface area (Å²) in [5.74, 6) is -0.208. The first-order valence-corrected chi connectivity index (χ1v) is 13.5. The molecule has 2 aliphatic rings. The molecule has 1 atom stereocenters. The van der Waals surface area contributed by atoms with Crippen LogP contribution >= 0.6 is 0 Å². The van der Waals surface area contributed by atoms with E-state index in [4.69, 9.17) is 0 Å². The van der Waals surface area contributed by atoms with Gasteiger partial charge in [-0.2, -0.15) is 0 Å². The van der Waals surface area contributed by atoms with Crippen molar-refractivity contribution in [1.82, 2.24) is 10.3 Å². The smallest absolute Gasteiger partial charge is 0.232 e. The molecule has 5 rings (SSSR count). The van der Waals surface area contributed by atoms with Crippen molar-refractivity contribution in [3.63, 3.8) is 0 Å². The molecule has 0 saturated heterocycles. The third-order valence-electron chi connectivity index (χ3n) is 7.37. The minimum absolute atomic E-state index is 0.0612. The van der Waals surface area contributed by atoms with Gasteiger partial charge >= 0.3 is 0 Å². The first-order chi connectivity index (χ1) is 16.3. The summed E-state index contributed by atoms with van der Waals surface area (Å²) >= 11 is 0. The van der Waals surface area contributed by atoms with Crippen molar-refractivity contribution in [3.05, 3.63) is 71.9 Å². The van der Waals surface area contributed by atoms with Crippen LogP contribution in [-0.2, 0) is 20.2 Å². The summed E-state index contributed by atoms with van der Waals surface area (Å²) in [4.78, 5) is 17.3. The van der Waals surface area contributed by atoms with Gasteiger partial charge in [-0.3, -0.25) is 14.1 Å². The Morgan fingerprint density at radius 3 is 2.65 bits per heavy atom. The zero-order chi connectivity index (χ0) is 23.9. The van der Waals surface area contributed by atoms with Crippen molar-refractivity contribution in [2.75, 3.05) is 23.7 Å². The van der Waals surface area contributed by atoms with Crippen molar-refractivity contribution in [1.29, 1.82) is 0 Å². The molecule has 3 aromatic rings. The van der Waals surface area contributed by atoms with Crippen LogP contribution in [0.4, 0.5) is 5.69 Å². The van der Waals surface area contributed by atoms with Gasteiger partial charge in [0.1, 0.15) is 0 Å². The number of aliphatic hydroxyl groups excluding tert-OH is 1. The molecule has 34 heavy (non-hydrogen) atoms. The lowest BCUT2D eigenvalue weighted by Gasteiger charge is -2.37. The molecule has 8 heteroatoms. The lowest BCUT2D eigenvalue weighted by atomic mass is 9.67. The van der Waals surface area contributed by atoms with Crippen LogP contribution in [0.1, 0.15) is 42.9 Å². The highest BCUT2D eigenvalue weighted by Gasteiger charge is 2.47. The Bertz CT molecular complexity index is 1330. The fourth-order valence-corrected chi connectivity index (χ4v) is 6.47. The van der Waals surface area contributed by atoms with Crippen molar-refractivity contribution in [3.8, 4) is 0 Å². The second-order valence-electron chi connectivity index (χ2n) is 9.56. The maximum absolute atomic E-state index is 12.9. The molecular formula is C26H29N3O4S. The van der Waals surface area contributed by atoms with Gasteiger partial charge in [-0.05, 0) is 49.4 Å². The molecule has 0 radical (unpaired) electrons. The van der Waals surface area contributed by atoms with E-state index in [0.29, 0.717) is 24.9 Å². The van der Waals surface area contributed by atoms with Crippen LogP contribution in [0.5, 0.6) is 0 Å². The van der Waals surface area contributed by atoms with Gasteiger partial charge in [0.15, 0.2) is 0 Å². The van der Waals surface area contributed by atoms with Crippen molar-refractivity contribution < 1.29 is 18.3 Å². The Balaban J connectivity index is 1.21. The highest BCUT2D eigenvalue weighted by atomic mass is 32.2. The van der Waals surface area contributed by atoms with Crippen LogP contribution in [0.25, 0.3) is 10.9 Å². The van der Waals surface area contributed by atoms with Crippen molar-refractivity contribution >= 4 is 32.5 Å². The number of sulfonamides is 1. The van der Waals surface area contributed by atoms with Crippen LogP contribution in [0, 0.1) is 5.92 Å². The number of hydrogen-bond donors (Lipinski definition) is 2. The monoisotopic (exact) mass is 479 g/mol. The van der Waals surface area contributed by atoms with Crippen LogP contribution < -0.4 is 9.62 Å². The maximum atomic E-state index is 12.9. The summed E-state index contributed by atoms with van der Waals surface area (Å²) in [5.41, 5.74) is 3.12. The fourth-order valence-electron chi connectivity index (χ4n) is 5.47. The molecule has 2 heterocycles. The first kappa shape index (κ1) is 22.8. The molecule has 1 aromatic heterocycles. The second kappa shape index (κ2) is 8.67. The third-order valence-corrected chi connectivity index (χ3v) is 8.50. The summed E-state index contributed by atoms with van der Waals surface area (Å²) in [7, 11) is -3.36. The zero-order valence-electron chi connectivity index (χ0n) is 19.1. The number of hydrogen-bond acceptors (Lipinski definition) is 5. The van der Waals surface area contributed by atoms with Gasteiger partial charge in [0.05, 0.1) is 23.6 Å². The molecule has 1 spiro atoms. The standard InChI is InChI=1S/C26H29N3O4S/c1-34(32,33)29-17-26(21-7-3-5-9-23(21)29)12-10-18(11-13-26)25(31)28-16-24(30)20-14-19-6-2-4-8-22(19)27-15-20/h2-9,14-15,18,24,30H,10-13,16-17H2,1H3,(H,28,31). The number of nitrogens with one attached hydrogen (secondary N) is 1. The molecule has 0 bridgehead atoms. The largest absolute Gasteiger partial charge is 0.387 e. The summed E-state index contributed by atoms with van der Waals surface area (Å²) in [6.07, 6.45) is 4.95. The predicted octanol–water partition coefficient (Wildman–Crippen LogP) is 3.29. The highest BCUT2D eigenvalue weighted by molar-refractivity contribution is 7.92. The maximum Gasteiger partial charge on any atom is 0.232 e. The lowest BCUT2D eigenvalue weighted by molar-refractivity contribution is -0.126. The van der Waals surface area contributed by atoms with Gasteiger partial charge in [-0.1, -0.05) is 36.4 Å². The van der Waals surface area contributed by atoms with E-state index in [0.717, 1.165) is 35.0 Å². The number of nitrogens with zero attached hydrogens (tertiary/aromatic N) is 2. The average molecular weight is 480 g/mol. The summed E-state index contributed by atoms with van der Waals surface area (Å²) in [6, 6.07) is 17.3. The Morgan fingerprint density at radius 1 is 1.18 bits per heavy atom. The van der Waals surface area contributed by atoms with E-state index in [-0.39, 0.29) is 23.8 Å². The van der Waals surface area contributed by atoms with E-state index in [1.807, 2.05) is 54.6 Å². The Kier molecular flexibility index (Phi) is 5.81. The second-order valence-corrected chi connectivity index (χ2v) is 11.5. The van der Waals surface area contributed by atoms with Crippen LogP contribution in [-0.4, -0.2) is 43.8 Å². The van der Waals surface area contributed by atoms with Gasteiger partial charge in [0.25, 0.3) is 0 Å². The summed E-state index contributed by atoms with van der Waals surface area (Å²) < 4.78 is 26.2. The first-order valence-electron chi connectivity index (χ1n) is 11.6. The van der Waals surface area contributed by atoms with E-state index in [1.54, 1.807) is 6.20 Å². The molecule has 1 amide bonds. The number of carbonyl (C=O) groups excluding carboxylic acids is 1. The quantitative estimate of drug-likeness (QED) is 0.585. The third kappa shape index (κ3) is 4.16. The number of anilines is 1. The fraction of sp³-hybridized carbons (Fsp3) is 0.385. The summed E-state index contributed by atoms with van der Waals surface area (Å²) in [6.45, 7) is 0.568. The SMILES string of the molecule is CS(=O)(=O)N1CC2(CCC(C(=O)NCC(O)c3cnc4ccccc4c3)CC2)c2ccccc21.